The first-order valence-electron chi connectivity index (χ1n) is 9.58. The molecule has 1 aromatic rings. The maximum atomic E-state index is 5.01. The normalized spacial score (nSPS) is 33.1. The van der Waals surface area contributed by atoms with Crippen molar-refractivity contribution in [3.05, 3.63) is 42.0 Å². The zero-order valence-corrected chi connectivity index (χ0v) is 15.9. The summed E-state index contributed by atoms with van der Waals surface area (Å²) < 4.78 is 0. The van der Waals surface area contributed by atoms with Crippen LogP contribution in [0.25, 0.3) is 0 Å². The summed E-state index contributed by atoms with van der Waals surface area (Å²) in [6.45, 7) is 12.6. The Morgan fingerprint density at radius 3 is 2.38 bits per heavy atom. The van der Waals surface area contributed by atoms with Gasteiger partial charge in [0.2, 0.25) is 0 Å². The molecule has 0 spiro atoms. The van der Waals surface area contributed by atoms with E-state index in [0.29, 0.717) is 29.8 Å². The topological polar surface area (TPSA) is 15.6 Å². The Hall–Kier alpha value is -1.57. The number of nitrogens with zero attached hydrogens (tertiary/aromatic N) is 2. The fourth-order valence-electron chi connectivity index (χ4n) is 4.54. The van der Waals surface area contributed by atoms with Crippen molar-refractivity contribution in [3.63, 3.8) is 0 Å². The largest absolute Gasteiger partial charge is 0.368 e. The molecule has 0 radical (unpaired) electrons. The summed E-state index contributed by atoms with van der Waals surface area (Å²) in [5.74, 6) is 1.89. The molecule has 0 N–H and O–H groups in total. The van der Waals surface area contributed by atoms with E-state index >= 15 is 0 Å². The van der Waals surface area contributed by atoms with E-state index in [9.17, 15) is 0 Å². The lowest BCUT2D eigenvalue weighted by atomic mass is 9.77. The molecule has 1 aliphatic carbocycles. The Bertz CT molecular complexity index is 616. The Balaban J connectivity index is 1.77. The number of anilines is 1. The molecule has 5 unspecified atom stereocenters. The van der Waals surface area contributed by atoms with Crippen molar-refractivity contribution in [1.82, 2.24) is 0 Å². The molecule has 2 aliphatic rings. The van der Waals surface area contributed by atoms with Gasteiger partial charge in [-0.2, -0.15) is 0 Å². The van der Waals surface area contributed by atoms with Crippen molar-refractivity contribution in [2.24, 2.45) is 22.7 Å². The molecule has 1 heterocycles. The van der Waals surface area contributed by atoms with Crippen molar-refractivity contribution in [1.29, 1.82) is 0 Å². The van der Waals surface area contributed by atoms with Crippen molar-refractivity contribution in [2.45, 2.75) is 59.5 Å². The van der Waals surface area contributed by atoms with Gasteiger partial charge in [0.05, 0.1) is 6.04 Å². The molecular formula is C22H32N2. The minimum absolute atomic E-state index is 0.419. The lowest BCUT2D eigenvalue weighted by Crippen LogP contribution is -2.39. The van der Waals surface area contributed by atoms with Gasteiger partial charge in [-0.3, -0.25) is 4.99 Å². The van der Waals surface area contributed by atoms with Crippen LogP contribution in [-0.4, -0.2) is 24.3 Å². The molecule has 5 atom stereocenters. The third-order valence-electron chi connectivity index (χ3n) is 6.32. The lowest BCUT2D eigenvalue weighted by Gasteiger charge is -2.39. The highest BCUT2D eigenvalue weighted by Gasteiger charge is 2.36. The summed E-state index contributed by atoms with van der Waals surface area (Å²) in [7, 11) is 0. The van der Waals surface area contributed by atoms with Gasteiger partial charge in [0.15, 0.2) is 0 Å². The van der Waals surface area contributed by atoms with Crippen LogP contribution < -0.4 is 4.90 Å². The Morgan fingerprint density at radius 1 is 1.12 bits per heavy atom. The molecular weight excluding hydrogens is 292 g/mol. The van der Waals surface area contributed by atoms with Gasteiger partial charge in [-0.15, -0.1) is 0 Å². The van der Waals surface area contributed by atoms with E-state index in [-0.39, 0.29) is 0 Å². The summed E-state index contributed by atoms with van der Waals surface area (Å²) in [6.07, 6.45) is 4.90. The number of rotatable bonds is 4. The Morgan fingerprint density at radius 2 is 1.83 bits per heavy atom. The van der Waals surface area contributed by atoms with Crippen LogP contribution in [0.5, 0.6) is 0 Å². The van der Waals surface area contributed by atoms with E-state index in [1.165, 1.54) is 17.8 Å². The second-order valence-corrected chi connectivity index (χ2v) is 7.72. The van der Waals surface area contributed by atoms with Gasteiger partial charge in [-0.25, -0.2) is 0 Å². The minimum atomic E-state index is 0.419. The molecule has 0 saturated heterocycles. The second-order valence-electron chi connectivity index (χ2n) is 7.72. The summed E-state index contributed by atoms with van der Waals surface area (Å²) >= 11 is 0. The highest BCUT2D eigenvalue weighted by atomic mass is 15.2. The first-order valence-corrected chi connectivity index (χ1v) is 9.58. The van der Waals surface area contributed by atoms with Gasteiger partial charge in [0, 0.05) is 24.0 Å². The predicted molar refractivity (Wildman–Crippen MR) is 105 cm³/mol. The second kappa shape index (κ2) is 7.13. The highest BCUT2D eigenvalue weighted by molar-refractivity contribution is 5.86. The van der Waals surface area contributed by atoms with Crippen LogP contribution in [0.1, 0.15) is 47.5 Å². The molecule has 0 saturated carbocycles. The van der Waals surface area contributed by atoms with Crippen LogP contribution >= 0.6 is 0 Å². The number of hydrogen-bond donors (Lipinski definition) is 0. The SMILES string of the molecule is CCN(c1ccccc1)C1CC=C(C2N=C(C)C(C)C2C)C(C)C1. The zero-order valence-electron chi connectivity index (χ0n) is 15.9. The number of benzene rings is 1. The van der Waals surface area contributed by atoms with Gasteiger partial charge in [-0.1, -0.05) is 45.0 Å². The molecule has 3 rings (SSSR count). The average Bonchev–Trinajstić information content (AvgIpc) is 2.84. The van der Waals surface area contributed by atoms with Crippen molar-refractivity contribution in [3.8, 4) is 0 Å². The van der Waals surface area contributed by atoms with Gasteiger partial charge >= 0.3 is 0 Å². The van der Waals surface area contributed by atoms with Crippen LogP contribution in [0.2, 0.25) is 0 Å². The van der Waals surface area contributed by atoms with E-state index < -0.39 is 0 Å². The molecule has 24 heavy (non-hydrogen) atoms. The number of para-hydroxylation sites is 1. The summed E-state index contributed by atoms with van der Waals surface area (Å²) in [5.41, 5.74) is 4.28. The van der Waals surface area contributed by atoms with Crippen LogP contribution in [-0.2, 0) is 0 Å². The molecule has 2 heteroatoms. The zero-order chi connectivity index (χ0) is 17.3. The standard InChI is InChI=1S/C22H32N2/c1-6-24(19-10-8-7-9-11-19)20-12-13-21(15(2)14-20)22-17(4)16(3)18(5)23-22/h7-11,13,15-17,20,22H,6,12,14H2,1-5H3. The summed E-state index contributed by atoms with van der Waals surface area (Å²) in [4.78, 5) is 7.58. The number of hydrogen-bond acceptors (Lipinski definition) is 2. The van der Waals surface area contributed by atoms with Crippen LogP contribution in [0, 0.1) is 17.8 Å². The van der Waals surface area contributed by atoms with Gasteiger partial charge < -0.3 is 4.90 Å². The molecule has 0 bridgehead atoms. The van der Waals surface area contributed by atoms with E-state index in [1.54, 1.807) is 5.57 Å². The van der Waals surface area contributed by atoms with Gasteiger partial charge in [-0.05, 0) is 62.1 Å². The summed E-state index contributed by atoms with van der Waals surface area (Å²) in [5, 5.41) is 0. The molecule has 130 valence electrons. The third kappa shape index (κ3) is 3.16. The Kier molecular flexibility index (Phi) is 5.12. The van der Waals surface area contributed by atoms with E-state index in [0.717, 1.165) is 13.0 Å². The first kappa shape index (κ1) is 17.3. The Labute approximate surface area is 147 Å². The lowest BCUT2D eigenvalue weighted by molar-refractivity contribution is 0.392. The molecule has 0 fully saturated rings. The predicted octanol–water partition coefficient (Wildman–Crippen LogP) is 5.35. The fourth-order valence-corrected chi connectivity index (χ4v) is 4.54. The van der Waals surface area contributed by atoms with Gasteiger partial charge in [0.25, 0.3) is 0 Å². The van der Waals surface area contributed by atoms with E-state index in [1.807, 2.05) is 0 Å². The van der Waals surface area contributed by atoms with Crippen LogP contribution in [0.4, 0.5) is 5.69 Å². The molecule has 1 aliphatic heterocycles. The van der Waals surface area contributed by atoms with E-state index in [4.69, 9.17) is 4.99 Å². The van der Waals surface area contributed by atoms with Crippen LogP contribution in [0.3, 0.4) is 0 Å². The molecule has 0 amide bonds. The smallest absolute Gasteiger partial charge is 0.0742 e. The maximum Gasteiger partial charge on any atom is 0.0742 e. The average molecular weight is 325 g/mol. The maximum absolute atomic E-state index is 5.01. The molecule has 0 aromatic heterocycles. The molecule has 2 nitrogen and oxygen atoms in total. The minimum Gasteiger partial charge on any atom is -0.368 e. The van der Waals surface area contributed by atoms with Crippen molar-refractivity contribution >= 4 is 11.4 Å². The fraction of sp³-hybridized carbons (Fsp3) is 0.591. The van der Waals surface area contributed by atoms with Crippen molar-refractivity contribution < 1.29 is 0 Å². The third-order valence-corrected chi connectivity index (χ3v) is 6.32. The van der Waals surface area contributed by atoms with Crippen molar-refractivity contribution in [2.75, 3.05) is 11.4 Å². The highest BCUT2D eigenvalue weighted by Crippen LogP contribution is 2.39. The first-order chi connectivity index (χ1) is 11.5. The molecule has 1 aromatic carbocycles. The quantitative estimate of drug-likeness (QED) is 0.681. The van der Waals surface area contributed by atoms with Crippen LogP contribution in [0.15, 0.2) is 47.0 Å². The summed E-state index contributed by atoms with van der Waals surface area (Å²) in [6, 6.07) is 11.9. The number of aliphatic imine (C=N–C) groups is 1. The van der Waals surface area contributed by atoms with Gasteiger partial charge in [0.1, 0.15) is 0 Å². The van der Waals surface area contributed by atoms with E-state index in [2.05, 4.69) is 75.9 Å². The monoisotopic (exact) mass is 324 g/mol.